The van der Waals surface area contributed by atoms with Crippen LogP contribution in [0.1, 0.15) is 46.8 Å². The molecule has 8 nitrogen and oxygen atoms in total. The van der Waals surface area contributed by atoms with E-state index in [9.17, 15) is 23.7 Å². The summed E-state index contributed by atoms with van der Waals surface area (Å²) in [6.07, 6.45) is 4.32. The van der Waals surface area contributed by atoms with Crippen LogP contribution in [0.3, 0.4) is 0 Å². The van der Waals surface area contributed by atoms with Crippen molar-refractivity contribution in [2.24, 2.45) is 11.0 Å². The molecule has 3 aromatic carbocycles. The van der Waals surface area contributed by atoms with Gasteiger partial charge in [0.2, 0.25) is 0 Å². The molecular weight excluding hydrogens is 530 g/mol. The maximum Gasteiger partial charge on any atom is 0.293 e. The van der Waals surface area contributed by atoms with Crippen LogP contribution in [-0.4, -0.2) is 47.9 Å². The first-order chi connectivity index (χ1) is 19.9. The van der Waals surface area contributed by atoms with Crippen molar-refractivity contribution in [3.63, 3.8) is 0 Å². The lowest BCUT2D eigenvalue weighted by Gasteiger charge is -2.30. The monoisotopic (exact) mass is 558 g/mol. The van der Waals surface area contributed by atoms with E-state index < -0.39 is 16.9 Å². The predicted octanol–water partition coefficient (Wildman–Crippen LogP) is 6.15. The Kier molecular flexibility index (Phi) is 7.32. The fourth-order valence-electron chi connectivity index (χ4n) is 5.93. The van der Waals surface area contributed by atoms with Crippen molar-refractivity contribution in [2.45, 2.75) is 25.3 Å². The molecule has 2 aliphatic heterocycles. The topological polar surface area (TPSA) is 88.3 Å². The first kappa shape index (κ1) is 26.8. The molecule has 1 amide bonds. The largest absolute Gasteiger partial charge is 0.378 e. The van der Waals surface area contributed by atoms with Crippen LogP contribution in [0.2, 0.25) is 0 Å². The van der Waals surface area contributed by atoms with Crippen LogP contribution >= 0.6 is 0 Å². The van der Waals surface area contributed by atoms with Gasteiger partial charge < -0.3 is 9.64 Å². The summed E-state index contributed by atoms with van der Waals surface area (Å²) < 4.78 is 32.7. The Hall–Kier alpha value is -4.44. The maximum atomic E-state index is 14.0. The Labute approximate surface area is 235 Å². The summed E-state index contributed by atoms with van der Waals surface area (Å²) in [5.41, 5.74) is 3.68. The maximum absolute atomic E-state index is 14.0. The van der Waals surface area contributed by atoms with Gasteiger partial charge in [-0.15, -0.1) is 0 Å². The van der Waals surface area contributed by atoms with E-state index >= 15 is 0 Å². The highest BCUT2D eigenvalue weighted by atomic mass is 19.1. The lowest BCUT2D eigenvalue weighted by atomic mass is 9.77. The molecule has 0 radical (unpaired) electrons. The predicted molar refractivity (Wildman–Crippen MR) is 151 cm³/mol. The molecule has 1 saturated heterocycles. The zero-order valence-corrected chi connectivity index (χ0v) is 22.2. The summed E-state index contributed by atoms with van der Waals surface area (Å²) >= 11 is 0. The average Bonchev–Trinajstić information content (AvgIpc) is 3.39. The molecule has 2 fully saturated rings. The van der Waals surface area contributed by atoms with E-state index in [1.165, 1.54) is 35.3 Å². The van der Waals surface area contributed by atoms with Crippen LogP contribution in [0.5, 0.6) is 0 Å². The number of nitro groups is 1. The number of carbonyl (C=O) groups is 1. The molecule has 0 spiro atoms. The second kappa shape index (κ2) is 11.2. The van der Waals surface area contributed by atoms with Gasteiger partial charge in [-0.25, -0.2) is 13.8 Å². The van der Waals surface area contributed by atoms with Crippen molar-refractivity contribution in [3.8, 4) is 0 Å². The highest BCUT2D eigenvalue weighted by Gasteiger charge is 2.44. The molecule has 41 heavy (non-hydrogen) atoms. The van der Waals surface area contributed by atoms with Crippen LogP contribution in [0.4, 0.5) is 20.2 Å². The van der Waals surface area contributed by atoms with Gasteiger partial charge in [0.25, 0.3) is 11.6 Å². The third-order valence-corrected chi connectivity index (χ3v) is 7.90. The first-order valence-electron chi connectivity index (χ1n) is 13.6. The molecule has 2 atom stereocenters. The Morgan fingerprint density at radius 1 is 1.00 bits per heavy atom. The summed E-state index contributed by atoms with van der Waals surface area (Å²) in [6.45, 7) is 1.98. The van der Waals surface area contributed by atoms with E-state index in [4.69, 9.17) is 9.84 Å². The van der Waals surface area contributed by atoms with Gasteiger partial charge >= 0.3 is 0 Å². The molecule has 6 rings (SSSR count). The average molecular weight is 559 g/mol. The zero-order valence-electron chi connectivity index (χ0n) is 22.2. The Morgan fingerprint density at radius 3 is 2.37 bits per heavy atom. The van der Waals surface area contributed by atoms with E-state index in [0.29, 0.717) is 32.0 Å². The molecule has 1 saturated carbocycles. The van der Waals surface area contributed by atoms with Crippen LogP contribution < -0.4 is 4.90 Å². The second-order valence-electron chi connectivity index (χ2n) is 10.4. The number of fused-ring (bicyclic) bond motifs is 1. The fraction of sp³-hybridized carbons (Fsp3) is 0.290. The van der Waals surface area contributed by atoms with E-state index in [0.717, 1.165) is 41.7 Å². The molecule has 3 aliphatic rings. The van der Waals surface area contributed by atoms with Crippen LogP contribution in [0, 0.1) is 27.7 Å². The summed E-state index contributed by atoms with van der Waals surface area (Å²) in [5.74, 6) is -1.33. The minimum atomic E-state index is -0.506. The van der Waals surface area contributed by atoms with Gasteiger partial charge in [-0.1, -0.05) is 24.3 Å². The van der Waals surface area contributed by atoms with E-state index in [1.54, 1.807) is 36.4 Å². The van der Waals surface area contributed by atoms with Crippen LogP contribution in [-0.2, 0) is 4.74 Å². The second-order valence-corrected chi connectivity index (χ2v) is 10.4. The number of nitrogens with zero attached hydrogens (tertiary/aromatic N) is 4. The van der Waals surface area contributed by atoms with Crippen LogP contribution in [0.15, 0.2) is 77.4 Å². The van der Waals surface area contributed by atoms with Crippen molar-refractivity contribution in [2.75, 3.05) is 31.2 Å². The van der Waals surface area contributed by atoms with E-state index in [-0.39, 0.29) is 28.8 Å². The number of ether oxygens (including phenoxy) is 1. The number of hydrazone groups is 1. The number of carbonyl (C=O) groups excluding carboxylic acids is 1. The van der Waals surface area contributed by atoms with Gasteiger partial charge in [0.05, 0.1) is 29.9 Å². The SMILES string of the molecule is O=C(c1ccc(N2CCOCC2)c([N+](=O)[O-])c1)N1N=C2/C(=C/c3ccc(F)cc3)CCC[C@H]2[C@@H]1c1ccc(F)cc1. The van der Waals surface area contributed by atoms with Crippen molar-refractivity contribution >= 4 is 29.1 Å². The number of anilines is 1. The lowest BCUT2D eigenvalue weighted by Crippen LogP contribution is -2.36. The number of amides is 1. The third kappa shape index (κ3) is 5.35. The molecule has 0 unspecified atom stereocenters. The summed E-state index contributed by atoms with van der Waals surface area (Å²) in [7, 11) is 0. The molecule has 1 aliphatic carbocycles. The number of allylic oxidation sites excluding steroid dienone is 1. The summed E-state index contributed by atoms with van der Waals surface area (Å²) in [4.78, 5) is 27.5. The minimum absolute atomic E-state index is 0.146. The zero-order chi connectivity index (χ0) is 28.5. The number of morpholine rings is 1. The molecular formula is C31H28F2N4O4. The van der Waals surface area contributed by atoms with Gasteiger partial charge in [0, 0.05) is 30.6 Å². The third-order valence-electron chi connectivity index (χ3n) is 7.90. The van der Waals surface area contributed by atoms with Gasteiger partial charge in [0.1, 0.15) is 17.3 Å². The molecule has 2 heterocycles. The Bertz CT molecular complexity index is 1530. The summed E-state index contributed by atoms with van der Waals surface area (Å²) in [6, 6.07) is 16.2. The van der Waals surface area contributed by atoms with Gasteiger partial charge in [-0.3, -0.25) is 14.9 Å². The minimum Gasteiger partial charge on any atom is -0.378 e. The molecule has 0 aromatic heterocycles. The molecule has 210 valence electrons. The number of hydrogen-bond acceptors (Lipinski definition) is 6. The standard InChI is InChI=1S/C31H28F2N4O4/c32-24-9-4-20(5-10-24)18-22-2-1-3-26-29(22)34-36(30(26)21-6-11-25(33)12-7-21)31(38)23-8-13-27(28(19-23)37(39)40)35-14-16-41-17-15-35/h4-13,18-19,26,30H,1-3,14-17H2/b22-18+/t26-,30+/m1/s1. The Morgan fingerprint density at radius 2 is 1.68 bits per heavy atom. The molecule has 10 heteroatoms. The van der Waals surface area contributed by atoms with Crippen molar-refractivity contribution in [1.82, 2.24) is 5.01 Å². The van der Waals surface area contributed by atoms with Crippen molar-refractivity contribution in [1.29, 1.82) is 0 Å². The number of hydrogen-bond donors (Lipinski definition) is 0. The first-order valence-corrected chi connectivity index (χ1v) is 13.6. The molecule has 3 aromatic rings. The fourth-order valence-corrected chi connectivity index (χ4v) is 5.93. The molecule has 0 N–H and O–H groups in total. The highest BCUT2D eigenvalue weighted by Crippen LogP contribution is 2.45. The van der Waals surface area contributed by atoms with Gasteiger partial charge in [-0.05, 0) is 78.4 Å². The normalized spacial score (nSPS) is 21.5. The van der Waals surface area contributed by atoms with E-state index in [2.05, 4.69) is 0 Å². The smallest absolute Gasteiger partial charge is 0.293 e. The van der Waals surface area contributed by atoms with E-state index in [1.807, 2.05) is 11.0 Å². The highest BCUT2D eigenvalue weighted by molar-refractivity contribution is 6.09. The Balaban J connectivity index is 1.40. The van der Waals surface area contributed by atoms with Crippen LogP contribution in [0.25, 0.3) is 6.08 Å². The van der Waals surface area contributed by atoms with Crippen molar-refractivity contribution < 1.29 is 23.2 Å². The number of nitro benzene ring substituents is 1. The number of rotatable bonds is 5. The lowest BCUT2D eigenvalue weighted by molar-refractivity contribution is -0.384. The molecule has 0 bridgehead atoms. The van der Waals surface area contributed by atoms with Crippen molar-refractivity contribution in [3.05, 3.63) is 111 Å². The van der Waals surface area contributed by atoms with Gasteiger partial charge in [0.15, 0.2) is 0 Å². The number of benzene rings is 3. The summed E-state index contributed by atoms with van der Waals surface area (Å²) in [5, 5.41) is 18.3. The number of halogens is 2. The van der Waals surface area contributed by atoms with Gasteiger partial charge in [-0.2, -0.15) is 5.10 Å². The quantitative estimate of drug-likeness (QED) is 0.277.